The molecule has 2 aliphatic carbocycles. The van der Waals surface area contributed by atoms with Crippen LogP contribution in [0, 0.1) is 11.8 Å². The molecule has 5 nitrogen and oxygen atoms in total. The summed E-state index contributed by atoms with van der Waals surface area (Å²) >= 11 is 0. The molecular formula is C15H17NO4S2. The average molecular weight is 339 g/mol. The van der Waals surface area contributed by atoms with Crippen molar-refractivity contribution in [3.05, 3.63) is 23.8 Å². The number of aliphatic hydroxyl groups is 1. The molecule has 118 valence electrons. The molecule has 1 amide bonds. The molecule has 5 aliphatic rings. The van der Waals surface area contributed by atoms with E-state index >= 15 is 0 Å². The van der Waals surface area contributed by atoms with Gasteiger partial charge in [-0.05, 0) is 6.42 Å². The van der Waals surface area contributed by atoms with Crippen molar-refractivity contribution >= 4 is 33.3 Å². The molecule has 4 fully saturated rings. The zero-order valence-electron chi connectivity index (χ0n) is 12.3. The van der Waals surface area contributed by atoms with Crippen LogP contribution in [-0.4, -0.2) is 58.2 Å². The predicted octanol–water partition coefficient (Wildman–Crippen LogP) is 0.997. The van der Waals surface area contributed by atoms with Gasteiger partial charge in [0.15, 0.2) is 10.7 Å². The number of carbonyl (C=O) groups is 2. The van der Waals surface area contributed by atoms with E-state index in [0.29, 0.717) is 6.42 Å². The summed E-state index contributed by atoms with van der Waals surface area (Å²) in [6.07, 6.45) is 5.32. The molecule has 3 saturated heterocycles. The number of ketones is 1. The van der Waals surface area contributed by atoms with Gasteiger partial charge >= 0.3 is 0 Å². The highest BCUT2D eigenvalue weighted by atomic mass is 33.1. The molecule has 1 spiro atoms. The first-order valence-electron chi connectivity index (χ1n) is 7.21. The number of nitrogens with zero attached hydrogens (tertiary/aromatic N) is 1. The quantitative estimate of drug-likeness (QED) is 0.757. The van der Waals surface area contributed by atoms with Gasteiger partial charge in [-0.2, -0.15) is 0 Å². The monoisotopic (exact) mass is 339 g/mol. The molecule has 0 aromatic heterocycles. The molecule has 1 saturated carbocycles. The van der Waals surface area contributed by atoms with Gasteiger partial charge in [-0.15, -0.1) is 0 Å². The van der Waals surface area contributed by atoms with E-state index in [1.165, 1.54) is 21.6 Å². The Morgan fingerprint density at radius 2 is 2.23 bits per heavy atom. The van der Waals surface area contributed by atoms with Crippen LogP contribution < -0.4 is 0 Å². The third-order valence-electron chi connectivity index (χ3n) is 5.29. The molecule has 7 heteroatoms. The highest BCUT2D eigenvalue weighted by Crippen LogP contribution is 2.68. The number of carbonyl (C=O) groups excluding carboxylic acids is 2. The van der Waals surface area contributed by atoms with Crippen molar-refractivity contribution in [1.82, 2.24) is 4.90 Å². The molecular weight excluding hydrogens is 322 g/mol. The Balaban J connectivity index is 1.87. The first-order chi connectivity index (χ1) is 10.5. The Hall–Kier alpha value is -0.760. The Bertz CT molecular complexity index is 633. The van der Waals surface area contributed by atoms with Crippen LogP contribution in [0.25, 0.3) is 0 Å². The second-order valence-corrected chi connectivity index (χ2v) is 9.04. The molecule has 22 heavy (non-hydrogen) atoms. The largest absolute Gasteiger partial charge is 0.388 e. The minimum absolute atomic E-state index is 0.0135. The lowest BCUT2D eigenvalue weighted by Crippen LogP contribution is -2.73. The zero-order valence-corrected chi connectivity index (χ0v) is 13.9. The second kappa shape index (κ2) is 4.63. The summed E-state index contributed by atoms with van der Waals surface area (Å²) in [5.74, 6) is -0.744. The summed E-state index contributed by atoms with van der Waals surface area (Å²) < 4.78 is 4.49. The van der Waals surface area contributed by atoms with Crippen LogP contribution in [0.15, 0.2) is 23.8 Å². The van der Waals surface area contributed by atoms with Gasteiger partial charge in [-0.3, -0.25) is 9.59 Å². The number of hydrogen-bond donors (Lipinski definition) is 1. The third-order valence-corrected chi connectivity index (χ3v) is 9.08. The lowest BCUT2D eigenvalue weighted by atomic mass is 9.74. The van der Waals surface area contributed by atoms with Crippen molar-refractivity contribution in [3.8, 4) is 0 Å². The molecule has 0 aromatic carbocycles. The molecule has 5 atom stereocenters. The smallest absolute Gasteiger partial charge is 0.242 e. The number of aliphatic hydroxyl groups excluding tert-OH is 1. The molecule has 3 heterocycles. The molecule has 1 unspecified atom stereocenters. The van der Waals surface area contributed by atoms with Crippen LogP contribution >= 0.6 is 21.6 Å². The standard InChI is InChI=1S/C15H17NO4S2/c1-16-13(19)14-6-8-4-3-5-9(17)10(8)11(14)12(18)15(16,7-20-2)22-21-14/h3-5,9-11,17H,6-7H2,1-2H3/t9-,10-,11?,14-,15-/m0/s1. The minimum atomic E-state index is -0.973. The molecule has 2 bridgehead atoms. The van der Waals surface area contributed by atoms with Crippen LogP contribution in [-0.2, 0) is 14.3 Å². The van der Waals surface area contributed by atoms with Crippen molar-refractivity contribution < 1.29 is 19.4 Å². The predicted molar refractivity (Wildman–Crippen MR) is 85.1 cm³/mol. The number of rotatable bonds is 2. The second-order valence-electron chi connectivity index (χ2n) is 6.30. The maximum Gasteiger partial charge on any atom is 0.242 e. The van der Waals surface area contributed by atoms with Crippen molar-refractivity contribution in [2.75, 3.05) is 20.8 Å². The highest BCUT2D eigenvalue weighted by Gasteiger charge is 2.74. The van der Waals surface area contributed by atoms with E-state index in [2.05, 4.69) is 0 Å². The molecule has 5 rings (SSSR count). The molecule has 0 radical (unpaired) electrons. The Labute approximate surface area is 136 Å². The number of allylic oxidation sites excluding steroid dienone is 2. The van der Waals surface area contributed by atoms with E-state index in [0.717, 1.165) is 5.57 Å². The van der Waals surface area contributed by atoms with Gasteiger partial charge in [-0.1, -0.05) is 45.4 Å². The fraction of sp³-hybridized carbons (Fsp3) is 0.600. The number of Topliss-reactive ketones (excluding diaryl/α,β-unsaturated/α-hetero) is 1. The fourth-order valence-electron chi connectivity index (χ4n) is 4.22. The SMILES string of the molecule is COC[C@]12SS[C@]3(CC4=CC=C[C@H](O)[C@H]4C3C1=O)C(=O)N2C. The van der Waals surface area contributed by atoms with E-state index in [-0.39, 0.29) is 24.2 Å². The summed E-state index contributed by atoms with van der Waals surface area (Å²) in [5, 5.41) is 10.4. The Morgan fingerprint density at radius 1 is 1.45 bits per heavy atom. The first-order valence-corrected chi connectivity index (χ1v) is 9.36. The summed E-state index contributed by atoms with van der Waals surface area (Å²) in [7, 11) is 6.17. The lowest BCUT2D eigenvalue weighted by Gasteiger charge is -2.56. The highest BCUT2D eigenvalue weighted by molar-refractivity contribution is 8.78. The van der Waals surface area contributed by atoms with E-state index in [9.17, 15) is 14.7 Å². The van der Waals surface area contributed by atoms with Gasteiger partial charge < -0.3 is 14.7 Å². The van der Waals surface area contributed by atoms with Crippen LogP contribution in [0.4, 0.5) is 0 Å². The van der Waals surface area contributed by atoms with Gasteiger partial charge in [0, 0.05) is 20.1 Å². The third kappa shape index (κ3) is 1.50. The Kier molecular flexibility index (Phi) is 3.11. The number of ether oxygens (including phenoxy) is 1. The van der Waals surface area contributed by atoms with Crippen molar-refractivity contribution in [3.63, 3.8) is 0 Å². The van der Waals surface area contributed by atoms with E-state index in [4.69, 9.17) is 4.74 Å². The summed E-state index contributed by atoms with van der Waals surface area (Å²) in [6.45, 7) is 0.177. The average Bonchev–Trinajstić information content (AvgIpc) is 2.85. The number of methoxy groups -OCH3 is 1. The topological polar surface area (TPSA) is 66.8 Å². The normalized spacial score (nSPS) is 45.9. The van der Waals surface area contributed by atoms with Gasteiger partial charge in [-0.25, -0.2) is 0 Å². The van der Waals surface area contributed by atoms with Crippen molar-refractivity contribution in [1.29, 1.82) is 0 Å². The van der Waals surface area contributed by atoms with Crippen LogP contribution in [0.5, 0.6) is 0 Å². The van der Waals surface area contributed by atoms with Crippen molar-refractivity contribution in [2.24, 2.45) is 11.8 Å². The number of hydrogen-bond acceptors (Lipinski definition) is 6. The van der Waals surface area contributed by atoms with Crippen LogP contribution in [0.2, 0.25) is 0 Å². The number of piperidine rings is 1. The van der Waals surface area contributed by atoms with E-state index < -0.39 is 21.6 Å². The molecule has 0 aromatic rings. The van der Waals surface area contributed by atoms with E-state index in [1.54, 1.807) is 25.1 Å². The number of amides is 1. The van der Waals surface area contributed by atoms with E-state index in [1.807, 2.05) is 12.2 Å². The number of fused-ring (bicyclic) bond motifs is 3. The summed E-state index contributed by atoms with van der Waals surface area (Å²) in [6, 6.07) is 0. The van der Waals surface area contributed by atoms with Crippen LogP contribution in [0.3, 0.4) is 0 Å². The van der Waals surface area contributed by atoms with Gasteiger partial charge in [0.25, 0.3) is 0 Å². The molecule has 3 aliphatic heterocycles. The maximum atomic E-state index is 13.3. The molecule has 1 N–H and O–H groups in total. The van der Waals surface area contributed by atoms with Gasteiger partial charge in [0.1, 0.15) is 4.75 Å². The maximum absolute atomic E-state index is 13.3. The number of likely N-dealkylation sites (N-methyl/N-ethyl adjacent to an activating group) is 1. The first kappa shape index (κ1) is 14.8. The van der Waals surface area contributed by atoms with Gasteiger partial charge in [0.05, 0.1) is 18.6 Å². The summed E-state index contributed by atoms with van der Waals surface area (Å²) in [5.41, 5.74) is 1.01. The fourth-order valence-corrected chi connectivity index (χ4v) is 8.15. The lowest BCUT2D eigenvalue weighted by molar-refractivity contribution is -0.156. The van der Waals surface area contributed by atoms with Gasteiger partial charge in [0.2, 0.25) is 5.91 Å². The van der Waals surface area contributed by atoms with Crippen molar-refractivity contribution in [2.45, 2.75) is 22.1 Å². The van der Waals surface area contributed by atoms with Crippen LogP contribution in [0.1, 0.15) is 6.42 Å². The Morgan fingerprint density at radius 3 is 2.95 bits per heavy atom. The minimum Gasteiger partial charge on any atom is -0.388 e. The summed E-state index contributed by atoms with van der Waals surface area (Å²) in [4.78, 5) is 26.9. The zero-order chi connectivity index (χ0) is 15.7.